The third-order valence-electron chi connectivity index (χ3n) is 2.42. The molecule has 0 radical (unpaired) electrons. The van der Waals surface area contributed by atoms with Crippen molar-refractivity contribution < 1.29 is 8.42 Å². The minimum absolute atomic E-state index is 0.263. The lowest BCUT2D eigenvalue weighted by Crippen LogP contribution is -2.10. The number of fused-ring (bicyclic) bond motifs is 1. The molecule has 0 saturated heterocycles. The van der Waals surface area contributed by atoms with Crippen molar-refractivity contribution in [3.05, 3.63) is 17.2 Å². The highest BCUT2D eigenvalue weighted by Crippen LogP contribution is 2.28. The summed E-state index contributed by atoms with van der Waals surface area (Å²) in [6.45, 7) is 0. The molecule has 2 rings (SSSR count). The van der Waals surface area contributed by atoms with E-state index in [4.69, 9.17) is 11.6 Å². The lowest BCUT2D eigenvalue weighted by molar-refractivity contribution is 0.606. The molecule has 0 atom stereocenters. The van der Waals surface area contributed by atoms with E-state index in [1.165, 1.54) is 0 Å². The number of nitrogens with one attached hydrogen (secondary N) is 1. The highest BCUT2D eigenvalue weighted by molar-refractivity contribution is 7.92. The van der Waals surface area contributed by atoms with Crippen LogP contribution in [0.2, 0.25) is 5.02 Å². The van der Waals surface area contributed by atoms with Crippen LogP contribution in [0.5, 0.6) is 0 Å². The molecule has 0 aliphatic rings. The second-order valence-corrected chi connectivity index (χ2v) is 6.09. The minimum Gasteiger partial charge on any atom is -0.266 e. The highest BCUT2D eigenvalue weighted by Gasteiger charge is 2.16. The van der Waals surface area contributed by atoms with Crippen molar-refractivity contribution in [3.8, 4) is 0 Å². The van der Waals surface area contributed by atoms with Crippen LogP contribution >= 0.6 is 11.6 Å². The zero-order chi connectivity index (χ0) is 12.8. The van der Waals surface area contributed by atoms with Crippen LogP contribution in [-0.4, -0.2) is 32.3 Å². The Kier molecular flexibility index (Phi) is 2.83. The van der Waals surface area contributed by atoms with E-state index < -0.39 is 10.0 Å². The van der Waals surface area contributed by atoms with Crippen molar-refractivity contribution in [3.63, 3.8) is 0 Å². The van der Waals surface area contributed by atoms with Crippen molar-refractivity contribution in [2.24, 2.45) is 7.05 Å². The van der Waals surface area contributed by atoms with Gasteiger partial charge in [0.2, 0.25) is 10.0 Å². The summed E-state index contributed by atoms with van der Waals surface area (Å²) in [5.74, 6) is 0.263. The van der Waals surface area contributed by atoms with Crippen LogP contribution in [0, 0.1) is 0 Å². The van der Waals surface area contributed by atoms with E-state index in [-0.39, 0.29) is 5.82 Å². The molecule has 1 N–H and O–H groups in total. The number of sulfonamides is 1. The molecule has 0 amide bonds. The lowest BCUT2D eigenvalue weighted by Gasteiger charge is -2.02. The van der Waals surface area contributed by atoms with Crippen molar-refractivity contribution in [2.75, 3.05) is 11.0 Å². The zero-order valence-electron chi connectivity index (χ0n) is 9.65. The molecule has 0 fully saturated rings. The molecule has 0 aliphatic carbocycles. The fourth-order valence-corrected chi connectivity index (χ4v) is 2.55. The summed E-state index contributed by atoms with van der Waals surface area (Å²) in [4.78, 5) is 0. The largest absolute Gasteiger partial charge is 0.266 e. The predicted molar refractivity (Wildman–Crippen MR) is 72.4 cm³/mol. The molecule has 0 aliphatic heterocycles. The molecule has 8 heteroatoms. The monoisotopic (exact) mass is 271 g/mol. The number of nitrogens with zero attached hydrogens (tertiary/aromatic N) is 2. The van der Waals surface area contributed by atoms with Crippen molar-refractivity contribution in [2.45, 2.75) is 0 Å². The maximum atomic E-state index is 11.2. The summed E-state index contributed by atoms with van der Waals surface area (Å²) < 4.78 is 26.5. The number of anilines is 1. The van der Waals surface area contributed by atoms with E-state index >= 15 is 0 Å². The van der Waals surface area contributed by atoms with Gasteiger partial charge in [-0.05, 0) is 6.07 Å². The predicted octanol–water partition coefficient (Wildman–Crippen LogP) is -0.143. The topological polar surface area (TPSA) is 64.0 Å². The summed E-state index contributed by atoms with van der Waals surface area (Å²) in [7, 11) is 0.301. The molecule has 1 heterocycles. The van der Waals surface area contributed by atoms with Crippen LogP contribution in [0.1, 0.15) is 0 Å². The summed E-state index contributed by atoms with van der Waals surface area (Å²) in [5.41, 5.74) is 1.81. The van der Waals surface area contributed by atoms with Crippen molar-refractivity contribution in [1.29, 1.82) is 0 Å². The SMILES string of the molecule is Bc1ccc(Cl)c2c(NS(C)(=O)=O)nn(C)c12. The number of aromatic nitrogens is 2. The van der Waals surface area contributed by atoms with Gasteiger partial charge in [0.1, 0.15) is 7.85 Å². The van der Waals surface area contributed by atoms with Gasteiger partial charge in [-0.2, -0.15) is 5.10 Å². The Morgan fingerprint density at radius 2 is 2.12 bits per heavy atom. The maximum Gasteiger partial charge on any atom is 0.231 e. The molecule has 1 aromatic heterocycles. The molecule has 0 bridgehead atoms. The Labute approximate surface area is 105 Å². The average molecular weight is 272 g/mol. The van der Waals surface area contributed by atoms with Gasteiger partial charge in [-0.25, -0.2) is 8.42 Å². The number of hydrogen-bond donors (Lipinski definition) is 1. The van der Waals surface area contributed by atoms with Crippen LogP contribution in [0.3, 0.4) is 0 Å². The van der Waals surface area contributed by atoms with Gasteiger partial charge in [0.15, 0.2) is 5.82 Å². The van der Waals surface area contributed by atoms with E-state index in [1.54, 1.807) is 17.8 Å². The second-order valence-electron chi connectivity index (χ2n) is 3.93. The first-order valence-corrected chi connectivity index (χ1v) is 7.16. The number of halogens is 1. The van der Waals surface area contributed by atoms with Crippen molar-refractivity contribution >= 4 is 51.7 Å². The molecule has 5 nitrogen and oxygen atoms in total. The average Bonchev–Trinajstić information content (AvgIpc) is 2.48. The standard InChI is InChI=1S/C9H11BClN3O2S/c1-14-8-5(10)3-4-6(11)7(8)9(12-14)13-17(2,15)16/h3-4H,10H2,1-2H3,(H,12,13). The number of rotatable bonds is 2. The molecule has 2 aromatic rings. The first kappa shape index (κ1) is 12.3. The van der Waals surface area contributed by atoms with Crippen LogP contribution < -0.4 is 10.2 Å². The van der Waals surface area contributed by atoms with E-state index in [0.717, 1.165) is 17.2 Å². The fourth-order valence-electron chi connectivity index (χ4n) is 1.81. The van der Waals surface area contributed by atoms with Gasteiger partial charge < -0.3 is 0 Å². The third-order valence-corrected chi connectivity index (χ3v) is 3.30. The Morgan fingerprint density at radius 1 is 1.47 bits per heavy atom. The number of hydrogen-bond acceptors (Lipinski definition) is 3. The molecule has 0 spiro atoms. The molecule has 1 aromatic carbocycles. The van der Waals surface area contributed by atoms with E-state index in [0.29, 0.717) is 10.4 Å². The highest BCUT2D eigenvalue weighted by atomic mass is 35.5. The van der Waals surface area contributed by atoms with Gasteiger partial charge in [-0.3, -0.25) is 9.40 Å². The van der Waals surface area contributed by atoms with Gasteiger partial charge in [0.25, 0.3) is 0 Å². The van der Waals surface area contributed by atoms with E-state index in [9.17, 15) is 8.42 Å². The number of benzene rings is 1. The Morgan fingerprint density at radius 3 is 2.71 bits per heavy atom. The Bertz CT molecular complexity index is 696. The van der Waals surface area contributed by atoms with Gasteiger partial charge in [-0.1, -0.05) is 23.1 Å². The molecular weight excluding hydrogens is 260 g/mol. The smallest absolute Gasteiger partial charge is 0.231 e. The summed E-state index contributed by atoms with van der Waals surface area (Å²) in [6, 6.07) is 3.60. The van der Waals surface area contributed by atoms with E-state index in [2.05, 4.69) is 9.82 Å². The molecule has 17 heavy (non-hydrogen) atoms. The normalized spacial score (nSPS) is 11.9. The summed E-state index contributed by atoms with van der Waals surface area (Å²) in [6.07, 6.45) is 1.08. The Hall–Kier alpha value is -1.21. The van der Waals surface area contributed by atoms with Crippen molar-refractivity contribution in [1.82, 2.24) is 9.78 Å². The fraction of sp³-hybridized carbons (Fsp3) is 0.222. The summed E-state index contributed by atoms with van der Waals surface area (Å²) >= 11 is 6.09. The molecule has 0 saturated carbocycles. The first-order chi connectivity index (χ1) is 7.79. The Balaban J connectivity index is 2.79. The zero-order valence-corrected chi connectivity index (χ0v) is 11.2. The lowest BCUT2D eigenvalue weighted by atomic mass is 9.94. The number of aryl methyl sites for hydroxylation is 1. The van der Waals surface area contributed by atoms with Gasteiger partial charge in [0.05, 0.1) is 22.2 Å². The van der Waals surface area contributed by atoms with Crippen LogP contribution in [0.25, 0.3) is 10.9 Å². The first-order valence-electron chi connectivity index (χ1n) is 4.89. The maximum absolute atomic E-state index is 11.2. The van der Waals surface area contributed by atoms with Gasteiger partial charge in [-0.15, -0.1) is 0 Å². The third kappa shape index (κ3) is 2.25. The summed E-state index contributed by atoms with van der Waals surface area (Å²) in [5, 5.41) is 5.24. The second kappa shape index (κ2) is 3.92. The van der Waals surface area contributed by atoms with Gasteiger partial charge >= 0.3 is 0 Å². The van der Waals surface area contributed by atoms with Gasteiger partial charge in [0, 0.05) is 7.05 Å². The van der Waals surface area contributed by atoms with E-state index in [1.807, 2.05) is 13.9 Å². The molecule has 90 valence electrons. The van der Waals surface area contributed by atoms with Crippen LogP contribution in [0.15, 0.2) is 12.1 Å². The minimum atomic E-state index is -3.37. The van der Waals surface area contributed by atoms with Crippen LogP contribution in [-0.2, 0) is 17.1 Å². The van der Waals surface area contributed by atoms with Crippen LogP contribution in [0.4, 0.5) is 5.82 Å². The molecular formula is C9H11BClN3O2S. The quantitative estimate of drug-likeness (QED) is 0.773. The molecule has 0 unspecified atom stereocenters.